The van der Waals surface area contributed by atoms with Gasteiger partial charge in [0.15, 0.2) is 0 Å². The Bertz CT molecular complexity index is 458. The lowest BCUT2D eigenvalue weighted by atomic mass is 9.64. The molecular weight excluding hydrogens is 224 g/mol. The van der Waals surface area contributed by atoms with E-state index >= 15 is 0 Å². The summed E-state index contributed by atoms with van der Waals surface area (Å²) in [5.41, 5.74) is 1.80. The standard InChI is InChI=1S/C15H20N2O/c1-10(12-6-4-11(9-16)5-7-12)17-13-8-14(18)15(13,2)3/h4-7,10,13-14,17-18H,8H2,1-3H3. The zero-order valence-electron chi connectivity index (χ0n) is 11.1. The zero-order valence-corrected chi connectivity index (χ0v) is 11.1. The Morgan fingerprint density at radius 1 is 1.39 bits per heavy atom. The number of aliphatic hydroxyl groups is 1. The summed E-state index contributed by atoms with van der Waals surface area (Å²) >= 11 is 0. The molecule has 0 saturated heterocycles. The number of aliphatic hydroxyl groups excluding tert-OH is 1. The Morgan fingerprint density at radius 3 is 2.44 bits per heavy atom. The molecule has 2 N–H and O–H groups in total. The predicted octanol–water partition coefficient (Wildman–Crippen LogP) is 2.37. The van der Waals surface area contributed by atoms with E-state index in [9.17, 15) is 5.11 Å². The number of nitrogens with one attached hydrogen (secondary N) is 1. The first-order chi connectivity index (χ1) is 8.45. The van der Waals surface area contributed by atoms with Crippen LogP contribution in [0.15, 0.2) is 24.3 Å². The third kappa shape index (κ3) is 2.27. The molecule has 0 spiro atoms. The highest BCUT2D eigenvalue weighted by atomic mass is 16.3. The second-order valence-corrected chi connectivity index (χ2v) is 5.75. The highest BCUT2D eigenvalue weighted by Crippen LogP contribution is 2.41. The first-order valence-corrected chi connectivity index (χ1v) is 6.39. The van der Waals surface area contributed by atoms with Gasteiger partial charge in [0.2, 0.25) is 0 Å². The van der Waals surface area contributed by atoms with Crippen LogP contribution in [-0.2, 0) is 0 Å². The highest BCUT2D eigenvalue weighted by molar-refractivity contribution is 5.32. The Balaban J connectivity index is 2.00. The molecule has 0 aromatic heterocycles. The fourth-order valence-corrected chi connectivity index (χ4v) is 2.43. The van der Waals surface area contributed by atoms with Gasteiger partial charge in [0.05, 0.1) is 17.7 Å². The average molecular weight is 244 g/mol. The van der Waals surface area contributed by atoms with Crippen molar-refractivity contribution in [2.45, 2.75) is 45.4 Å². The third-order valence-corrected chi connectivity index (χ3v) is 4.21. The minimum atomic E-state index is -0.205. The maximum atomic E-state index is 9.72. The van der Waals surface area contributed by atoms with E-state index in [2.05, 4.69) is 32.2 Å². The van der Waals surface area contributed by atoms with Gasteiger partial charge in [-0.15, -0.1) is 0 Å². The number of nitriles is 1. The molecule has 3 unspecified atom stereocenters. The van der Waals surface area contributed by atoms with Crippen molar-refractivity contribution in [1.82, 2.24) is 5.32 Å². The minimum absolute atomic E-state index is 0.0547. The lowest BCUT2D eigenvalue weighted by Crippen LogP contribution is -2.60. The molecular formula is C15H20N2O. The molecule has 3 nitrogen and oxygen atoms in total. The van der Waals surface area contributed by atoms with Crippen LogP contribution in [0.3, 0.4) is 0 Å². The summed E-state index contributed by atoms with van der Waals surface area (Å²) < 4.78 is 0. The maximum Gasteiger partial charge on any atom is 0.0991 e. The summed E-state index contributed by atoms with van der Waals surface area (Å²) in [7, 11) is 0. The lowest BCUT2D eigenvalue weighted by molar-refractivity contribution is -0.0754. The minimum Gasteiger partial charge on any atom is -0.392 e. The molecule has 3 heteroatoms. The van der Waals surface area contributed by atoms with Gasteiger partial charge in [-0.2, -0.15) is 5.26 Å². The summed E-state index contributed by atoms with van der Waals surface area (Å²) in [6, 6.07) is 10.4. The summed E-state index contributed by atoms with van der Waals surface area (Å²) in [5.74, 6) is 0. The topological polar surface area (TPSA) is 56.0 Å². The van der Waals surface area contributed by atoms with Crippen molar-refractivity contribution in [3.05, 3.63) is 35.4 Å². The van der Waals surface area contributed by atoms with Gasteiger partial charge in [0.25, 0.3) is 0 Å². The summed E-state index contributed by atoms with van der Waals surface area (Å²) in [6.45, 7) is 6.29. The van der Waals surface area contributed by atoms with Crippen LogP contribution >= 0.6 is 0 Å². The van der Waals surface area contributed by atoms with Crippen LogP contribution in [0.4, 0.5) is 0 Å². The number of nitrogens with zero attached hydrogens (tertiary/aromatic N) is 1. The van der Waals surface area contributed by atoms with E-state index in [1.807, 2.05) is 24.3 Å². The molecule has 0 amide bonds. The highest BCUT2D eigenvalue weighted by Gasteiger charge is 2.47. The fraction of sp³-hybridized carbons (Fsp3) is 0.533. The molecule has 1 saturated carbocycles. The monoisotopic (exact) mass is 244 g/mol. The van der Waals surface area contributed by atoms with Crippen molar-refractivity contribution < 1.29 is 5.11 Å². The molecule has 1 fully saturated rings. The molecule has 3 atom stereocenters. The van der Waals surface area contributed by atoms with Gasteiger partial charge in [0.1, 0.15) is 0 Å². The van der Waals surface area contributed by atoms with E-state index in [1.165, 1.54) is 5.56 Å². The SMILES string of the molecule is CC(NC1CC(O)C1(C)C)c1ccc(C#N)cc1. The molecule has 96 valence electrons. The number of hydrogen-bond acceptors (Lipinski definition) is 3. The quantitative estimate of drug-likeness (QED) is 0.858. The van der Waals surface area contributed by atoms with E-state index in [-0.39, 0.29) is 17.6 Å². The van der Waals surface area contributed by atoms with Gasteiger partial charge < -0.3 is 10.4 Å². The molecule has 1 aliphatic rings. The van der Waals surface area contributed by atoms with Crippen molar-refractivity contribution in [3.63, 3.8) is 0 Å². The number of hydrogen-bond donors (Lipinski definition) is 2. The van der Waals surface area contributed by atoms with Gasteiger partial charge in [-0.05, 0) is 31.0 Å². The summed E-state index contributed by atoms with van der Waals surface area (Å²) in [6.07, 6.45) is 0.608. The van der Waals surface area contributed by atoms with Crippen molar-refractivity contribution in [3.8, 4) is 6.07 Å². The van der Waals surface area contributed by atoms with Gasteiger partial charge >= 0.3 is 0 Å². The van der Waals surface area contributed by atoms with Crippen LogP contribution in [0.2, 0.25) is 0 Å². The van der Waals surface area contributed by atoms with Gasteiger partial charge in [0, 0.05) is 17.5 Å². The normalized spacial score (nSPS) is 27.1. The molecule has 1 aliphatic carbocycles. The zero-order chi connectivity index (χ0) is 13.3. The first-order valence-electron chi connectivity index (χ1n) is 6.39. The third-order valence-electron chi connectivity index (χ3n) is 4.21. The van der Waals surface area contributed by atoms with E-state index in [4.69, 9.17) is 5.26 Å². The second-order valence-electron chi connectivity index (χ2n) is 5.75. The largest absolute Gasteiger partial charge is 0.392 e. The average Bonchev–Trinajstić information content (AvgIpc) is 2.38. The van der Waals surface area contributed by atoms with Crippen molar-refractivity contribution >= 4 is 0 Å². The molecule has 0 bridgehead atoms. The smallest absolute Gasteiger partial charge is 0.0991 e. The molecule has 2 rings (SSSR count). The van der Waals surface area contributed by atoms with E-state index in [0.29, 0.717) is 11.6 Å². The number of rotatable bonds is 3. The van der Waals surface area contributed by atoms with Gasteiger partial charge in [-0.3, -0.25) is 0 Å². The van der Waals surface area contributed by atoms with Crippen molar-refractivity contribution in [1.29, 1.82) is 5.26 Å². The second kappa shape index (κ2) is 4.72. The molecule has 1 aromatic rings. The first kappa shape index (κ1) is 13.1. The van der Waals surface area contributed by atoms with Crippen molar-refractivity contribution in [2.75, 3.05) is 0 Å². The lowest BCUT2D eigenvalue weighted by Gasteiger charge is -2.50. The molecule has 0 radical (unpaired) electrons. The van der Waals surface area contributed by atoms with Crippen LogP contribution < -0.4 is 5.32 Å². The van der Waals surface area contributed by atoms with Crippen molar-refractivity contribution in [2.24, 2.45) is 5.41 Å². The Hall–Kier alpha value is -1.37. The summed E-state index contributed by atoms with van der Waals surface area (Å²) in [5, 5.41) is 22.0. The van der Waals surface area contributed by atoms with Crippen LogP contribution in [0.1, 0.15) is 44.4 Å². The van der Waals surface area contributed by atoms with Gasteiger partial charge in [-0.25, -0.2) is 0 Å². The van der Waals surface area contributed by atoms with Crippen LogP contribution in [0.5, 0.6) is 0 Å². The molecule has 1 aromatic carbocycles. The van der Waals surface area contributed by atoms with E-state index < -0.39 is 0 Å². The molecule has 0 aliphatic heterocycles. The maximum absolute atomic E-state index is 9.72. The molecule has 0 heterocycles. The van der Waals surface area contributed by atoms with Crippen LogP contribution in [0.25, 0.3) is 0 Å². The summed E-state index contributed by atoms with van der Waals surface area (Å²) in [4.78, 5) is 0. The fourth-order valence-electron chi connectivity index (χ4n) is 2.43. The van der Waals surface area contributed by atoms with Gasteiger partial charge in [-0.1, -0.05) is 26.0 Å². The Kier molecular flexibility index (Phi) is 3.43. The molecule has 18 heavy (non-hydrogen) atoms. The van der Waals surface area contributed by atoms with E-state index in [0.717, 1.165) is 6.42 Å². The van der Waals surface area contributed by atoms with Crippen LogP contribution in [-0.4, -0.2) is 17.3 Å². The Morgan fingerprint density at radius 2 is 2.00 bits per heavy atom. The predicted molar refractivity (Wildman–Crippen MR) is 70.9 cm³/mol. The number of benzene rings is 1. The Labute approximate surface area is 108 Å². The van der Waals surface area contributed by atoms with E-state index in [1.54, 1.807) is 0 Å². The van der Waals surface area contributed by atoms with Crippen LogP contribution in [0, 0.1) is 16.7 Å².